The number of halogens is 1. The zero-order valence-electron chi connectivity index (χ0n) is 18.7. The lowest BCUT2D eigenvalue weighted by molar-refractivity contribution is 0.0950. The van der Waals surface area contributed by atoms with Gasteiger partial charge in [0, 0.05) is 23.7 Å². The molecular formula is C27H24FN3O3. The summed E-state index contributed by atoms with van der Waals surface area (Å²) >= 11 is 0. The molecule has 7 heteroatoms. The van der Waals surface area contributed by atoms with E-state index in [1.165, 1.54) is 18.5 Å². The van der Waals surface area contributed by atoms with E-state index in [9.17, 15) is 9.18 Å². The molecule has 34 heavy (non-hydrogen) atoms. The molecule has 4 aromatic rings. The molecule has 0 saturated heterocycles. The Balaban J connectivity index is 1.38. The first-order chi connectivity index (χ1) is 16.6. The van der Waals surface area contributed by atoms with Gasteiger partial charge in [0.05, 0.1) is 12.3 Å². The van der Waals surface area contributed by atoms with E-state index in [-0.39, 0.29) is 11.7 Å². The van der Waals surface area contributed by atoms with Gasteiger partial charge in [0.1, 0.15) is 23.6 Å². The molecule has 4 rings (SSSR count). The Morgan fingerprint density at radius 3 is 2.50 bits per heavy atom. The van der Waals surface area contributed by atoms with Crippen LogP contribution in [0.5, 0.6) is 17.4 Å². The van der Waals surface area contributed by atoms with Crippen molar-refractivity contribution in [3.05, 3.63) is 102 Å². The van der Waals surface area contributed by atoms with Crippen LogP contribution in [-0.2, 0) is 6.54 Å². The Labute approximate surface area is 197 Å². The summed E-state index contributed by atoms with van der Waals surface area (Å²) < 4.78 is 24.6. The summed E-state index contributed by atoms with van der Waals surface area (Å²) in [5.41, 5.74) is 2.78. The van der Waals surface area contributed by atoms with Gasteiger partial charge in [0.15, 0.2) is 0 Å². The molecule has 1 aromatic heterocycles. The molecule has 0 aliphatic rings. The summed E-state index contributed by atoms with van der Waals surface area (Å²) in [5.74, 6) is 1.06. The lowest BCUT2D eigenvalue weighted by Gasteiger charge is -2.09. The highest BCUT2D eigenvalue weighted by molar-refractivity contribution is 5.94. The fourth-order valence-corrected chi connectivity index (χ4v) is 3.20. The highest BCUT2D eigenvalue weighted by atomic mass is 19.1. The minimum Gasteiger partial charge on any atom is -0.494 e. The maximum absolute atomic E-state index is 13.2. The fraction of sp³-hybridized carbons (Fsp3) is 0.148. The van der Waals surface area contributed by atoms with Gasteiger partial charge in [0.2, 0.25) is 5.88 Å². The molecule has 0 aliphatic heterocycles. The molecular weight excluding hydrogens is 433 g/mol. The van der Waals surface area contributed by atoms with Gasteiger partial charge in [-0.15, -0.1) is 0 Å². The number of benzene rings is 3. The molecule has 0 radical (unpaired) electrons. The molecule has 0 atom stereocenters. The third-order valence-electron chi connectivity index (χ3n) is 4.95. The van der Waals surface area contributed by atoms with Crippen LogP contribution in [0.3, 0.4) is 0 Å². The smallest absolute Gasteiger partial charge is 0.251 e. The molecule has 1 heterocycles. The molecule has 0 unspecified atom stereocenters. The Kier molecular flexibility index (Phi) is 7.45. The maximum Gasteiger partial charge on any atom is 0.251 e. The van der Waals surface area contributed by atoms with Crippen molar-refractivity contribution < 1.29 is 18.7 Å². The normalized spacial score (nSPS) is 10.5. The average Bonchev–Trinajstić information content (AvgIpc) is 2.87. The minimum atomic E-state index is -0.317. The van der Waals surface area contributed by atoms with Gasteiger partial charge in [0.25, 0.3) is 5.91 Å². The van der Waals surface area contributed by atoms with Crippen molar-refractivity contribution in [2.75, 3.05) is 6.61 Å². The monoisotopic (exact) mass is 457 g/mol. The van der Waals surface area contributed by atoms with Crippen LogP contribution in [0.2, 0.25) is 0 Å². The number of carbonyl (C=O) groups is 1. The third-order valence-corrected chi connectivity index (χ3v) is 4.95. The van der Waals surface area contributed by atoms with E-state index in [1.54, 1.807) is 42.5 Å². The van der Waals surface area contributed by atoms with Crippen molar-refractivity contribution in [3.8, 4) is 28.6 Å². The summed E-state index contributed by atoms with van der Waals surface area (Å²) in [4.78, 5) is 21.0. The zero-order valence-corrected chi connectivity index (χ0v) is 18.7. The van der Waals surface area contributed by atoms with E-state index in [4.69, 9.17) is 9.47 Å². The van der Waals surface area contributed by atoms with Crippen molar-refractivity contribution in [2.45, 2.75) is 19.9 Å². The largest absolute Gasteiger partial charge is 0.494 e. The molecule has 0 fully saturated rings. The molecule has 0 spiro atoms. The van der Waals surface area contributed by atoms with Crippen LogP contribution in [0.1, 0.15) is 29.3 Å². The Morgan fingerprint density at radius 2 is 1.74 bits per heavy atom. The SMILES string of the molecule is CCCOc1ccc(CNC(=O)c2cccc(Oc3cc(-c4ccc(F)cc4)ncn3)c2)cc1. The second-order valence-electron chi connectivity index (χ2n) is 7.55. The van der Waals surface area contributed by atoms with E-state index in [2.05, 4.69) is 22.2 Å². The molecule has 1 N–H and O–H groups in total. The number of rotatable bonds is 9. The number of amides is 1. The number of nitrogens with one attached hydrogen (secondary N) is 1. The summed E-state index contributed by atoms with van der Waals surface area (Å²) in [6, 6.07) is 22.2. The topological polar surface area (TPSA) is 73.3 Å². The van der Waals surface area contributed by atoms with E-state index in [0.717, 1.165) is 23.3 Å². The number of carbonyl (C=O) groups excluding carboxylic acids is 1. The highest BCUT2D eigenvalue weighted by Gasteiger charge is 2.09. The summed E-state index contributed by atoms with van der Waals surface area (Å²) in [5, 5.41) is 2.91. The first-order valence-corrected chi connectivity index (χ1v) is 11.0. The Bertz CT molecular complexity index is 1240. The van der Waals surface area contributed by atoms with Gasteiger partial charge >= 0.3 is 0 Å². The summed E-state index contributed by atoms with van der Waals surface area (Å²) in [6.07, 6.45) is 2.33. The van der Waals surface area contributed by atoms with Gasteiger partial charge < -0.3 is 14.8 Å². The molecule has 0 bridgehead atoms. The van der Waals surface area contributed by atoms with E-state index in [0.29, 0.717) is 36.0 Å². The van der Waals surface area contributed by atoms with E-state index >= 15 is 0 Å². The second-order valence-corrected chi connectivity index (χ2v) is 7.55. The molecule has 6 nitrogen and oxygen atoms in total. The minimum absolute atomic E-state index is 0.216. The number of hydrogen-bond donors (Lipinski definition) is 1. The standard InChI is InChI=1S/C27H24FN3O3/c1-2-14-33-23-12-6-19(7-13-23)17-29-27(32)21-4-3-5-24(15-21)34-26-16-25(30-18-31-26)20-8-10-22(28)11-9-20/h3-13,15-16,18H,2,14,17H2,1H3,(H,29,32). The first kappa shape index (κ1) is 22.9. The van der Waals surface area contributed by atoms with Crippen molar-refractivity contribution in [1.82, 2.24) is 15.3 Å². The summed E-state index contributed by atoms with van der Waals surface area (Å²) in [7, 11) is 0. The second kappa shape index (κ2) is 11.0. The zero-order chi connectivity index (χ0) is 23.8. The number of ether oxygens (including phenoxy) is 2. The van der Waals surface area contributed by atoms with Crippen LogP contribution < -0.4 is 14.8 Å². The van der Waals surface area contributed by atoms with Crippen molar-refractivity contribution in [3.63, 3.8) is 0 Å². The molecule has 1 amide bonds. The highest BCUT2D eigenvalue weighted by Crippen LogP contribution is 2.24. The van der Waals surface area contributed by atoms with E-state index in [1.807, 2.05) is 24.3 Å². The average molecular weight is 458 g/mol. The Morgan fingerprint density at radius 1 is 0.941 bits per heavy atom. The quantitative estimate of drug-likeness (QED) is 0.344. The van der Waals surface area contributed by atoms with Crippen LogP contribution in [-0.4, -0.2) is 22.5 Å². The van der Waals surface area contributed by atoms with Crippen molar-refractivity contribution in [1.29, 1.82) is 0 Å². The van der Waals surface area contributed by atoms with Gasteiger partial charge in [-0.05, 0) is 66.6 Å². The van der Waals surface area contributed by atoms with Crippen LogP contribution in [0.4, 0.5) is 4.39 Å². The molecule has 0 saturated carbocycles. The third kappa shape index (κ3) is 6.16. The first-order valence-electron chi connectivity index (χ1n) is 11.0. The lowest BCUT2D eigenvalue weighted by atomic mass is 10.1. The van der Waals surface area contributed by atoms with Crippen LogP contribution in [0, 0.1) is 5.82 Å². The molecule has 172 valence electrons. The predicted octanol–water partition coefficient (Wildman–Crippen LogP) is 5.79. The molecule has 0 aliphatic carbocycles. The number of nitrogens with zero attached hydrogens (tertiary/aromatic N) is 2. The van der Waals surface area contributed by atoms with Gasteiger partial charge in [-0.25, -0.2) is 14.4 Å². The maximum atomic E-state index is 13.2. The van der Waals surface area contributed by atoms with Crippen molar-refractivity contribution >= 4 is 5.91 Å². The van der Waals surface area contributed by atoms with Crippen LogP contribution in [0.25, 0.3) is 11.3 Å². The number of aromatic nitrogens is 2. The van der Waals surface area contributed by atoms with Crippen LogP contribution in [0.15, 0.2) is 85.2 Å². The van der Waals surface area contributed by atoms with Gasteiger partial charge in [-0.2, -0.15) is 0 Å². The van der Waals surface area contributed by atoms with Gasteiger partial charge in [-0.3, -0.25) is 4.79 Å². The Hall–Kier alpha value is -4.26. The molecule has 3 aromatic carbocycles. The number of hydrogen-bond acceptors (Lipinski definition) is 5. The summed E-state index contributed by atoms with van der Waals surface area (Å²) in [6.45, 7) is 3.13. The van der Waals surface area contributed by atoms with Crippen molar-refractivity contribution in [2.24, 2.45) is 0 Å². The fourth-order valence-electron chi connectivity index (χ4n) is 3.20. The van der Waals surface area contributed by atoms with E-state index < -0.39 is 0 Å². The lowest BCUT2D eigenvalue weighted by Crippen LogP contribution is -2.22. The predicted molar refractivity (Wildman–Crippen MR) is 127 cm³/mol. The van der Waals surface area contributed by atoms with Crippen LogP contribution >= 0.6 is 0 Å². The van der Waals surface area contributed by atoms with Gasteiger partial charge in [-0.1, -0.05) is 25.1 Å².